The zero-order valence-corrected chi connectivity index (χ0v) is 13.7. The van der Waals surface area contributed by atoms with Crippen molar-refractivity contribution in [2.24, 2.45) is 7.05 Å². The average Bonchev–Trinajstić information content (AvgIpc) is 3.04. The normalized spacial score (nSPS) is 15.0. The van der Waals surface area contributed by atoms with Gasteiger partial charge >= 0.3 is 0 Å². The van der Waals surface area contributed by atoms with Crippen molar-refractivity contribution in [1.82, 2.24) is 4.57 Å². The number of aryl methyl sites for hydroxylation is 1. The minimum absolute atomic E-state index is 0.194. The number of carbonyl (C=O) groups excluding carboxylic acids is 1. The van der Waals surface area contributed by atoms with Gasteiger partial charge in [-0.05, 0) is 23.8 Å². The van der Waals surface area contributed by atoms with Gasteiger partial charge < -0.3 is 9.88 Å². The highest BCUT2D eigenvalue weighted by atomic mass is 32.2. The summed E-state index contributed by atoms with van der Waals surface area (Å²) in [6.45, 7) is 0. The van der Waals surface area contributed by atoms with Gasteiger partial charge in [-0.3, -0.25) is 9.59 Å². The number of nitrogens with one attached hydrogen (secondary N) is 1. The molecule has 0 aliphatic carbocycles. The van der Waals surface area contributed by atoms with Crippen molar-refractivity contribution < 1.29 is 4.79 Å². The number of carbonyl (C=O) groups is 1. The molecular weight excluding hydrogens is 316 g/mol. The molecule has 0 unspecified atom stereocenters. The van der Waals surface area contributed by atoms with E-state index in [2.05, 4.69) is 11.4 Å². The van der Waals surface area contributed by atoms with Crippen LogP contribution >= 0.6 is 23.5 Å². The monoisotopic (exact) mass is 332 g/mol. The van der Waals surface area contributed by atoms with E-state index in [-0.39, 0.29) is 11.5 Å². The number of amides is 1. The lowest BCUT2D eigenvalue weighted by Crippen LogP contribution is -2.20. The summed E-state index contributed by atoms with van der Waals surface area (Å²) in [4.78, 5) is 23.8. The molecule has 1 fully saturated rings. The minimum Gasteiger partial charge on any atom is -0.322 e. The molecule has 1 aromatic heterocycles. The number of nitrogens with zero attached hydrogens (tertiary/aromatic N) is 1. The van der Waals surface area contributed by atoms with Crippen molar-refractivity contribution in [2.75, 3.05) is 16.8 Å². The summed E-state index contributed by atoms with van der Waals surface area (Å²) in [5, 5.41) is 2.86. The molecule has 2 heterocycles. The zero-order valence-electron chi connectivity index (χ0n) is 12.1. The van der Waals surface area contributed by atoms with Crippen LogP contribution in [0.4, 0.5) is 5.69 Å². The van der Waals surface area contributed by atoms with E-state index < -0.39 is 0 Å². The van der Waals surface area contributed by atoms with Crippen LogP contribution in [0.15, 0.2) is 47.4 Å². The quantitative estimate of drug-likeness (QED) is 0.938. The second-order valence-corrected chi connectivity index (χ2v) is 7.74. The van der Waals surface area contributed by atoms with Gasteiger partial charge in [-0.1, -0.05) is 12.1 Å². The van der Waals surface area contributed by atoms with Gasteiger partial charge in [-0.15, -0.1) is 23.5 Å². The first-order valence-corrected chi connectivity index (χ1v) is 9.04. The van der Waals surface area contributed by atoms with E-state index in [0.717, 1.165) is 5.69 Å². The molecule has 2 aromatic rings. The molecule has 0 spiro atoms. The Morgan fingerprint density at radius 3 is 2.73 bits per heavy atom. The van der Waals surface area contributed by atoms with E-state index in [4.69, 9.17) is 0 Å². The minimum atomic E-state index is -0.262. The van der Waals surface area contributed by atoms with Crippen LogP contribution in [0, 0.1) is 0 Å². The first kappa shape index (κ1) is 15.2. The van der Waals surface area contributed by atoms with Crippen LogP contribution in [0.3, 0.4) is 0 Å². The average molecular weight is 332 g/mol. The fourth-order valence-electron chi connectivity index (χ4n) is 2.21. The molecule has 114 valence electrons. The number of thioether (sulfide) groups is 2. The van der Waals surface area contributed by atoms with Crippen LogP contribution < -0.4 is 10.9 Å². The fourth-order valence-corrected chi connectivity index (χ4v) is 5.05. The van der Waals surface area contributed by atoms with E-state index in [9.17, 15) is 9.59 Å². The van der Waals surface area contributed by atoms with Crippen LogP contribution in [-0.4, -0.2) is 22.0 Å². The predicted molar refractivity (Wildman–Crippen MR) is 93.7 cm³/mol. The third kappa shape index (κ3) is 3.39. The van der Waals surface area contributed by atoms with Gasteiger partial charge in [0.15, 0.2) is 0 Å². The van der Waals surface area contributed by atoms with Crippen LogP contribution in [0.5, 0.6) is 0 Å². The van der Waals surface area contributed by atoms with Gasteiger partial charge in [-0.2, -0.15) is 0 Å². The fraction of sp³-hybridized carbons (Fsp3) is 0.250. The Labute approximate surface area is 137 Å². The van der Waals surface area contributed by atoms with Crippen molar-refractivity contribution in [1.29, 1.82) is 0 Å². The largest absolute Gasteiger partial charge is 0.322 e. The van der Waals surface area contributed by atoms with E-state index in [0.29, 0.717) is 10.1 Å². The third-order valence-corrected chi connectivity index (χ3v) is 6.51. The Balaban J connectivity index is 1.77. The molecule has 3 rings (SSSR count). The molecule has 0 radical (unpaired) electrons. The highest BCUT2D eigenvalue weighted by Crippen LogP contribution is 2.45. The highest BCUT2D eigenvalue weighted by molar-refractivity contribution is 8.19. The lowest BCUT2D eigenvalue weighted by molar-refractivity contribution is 0.102. The molecule has 1 aromatic carbocycles. The Kier molecular flexibility index (Phi) is 4.59. The molecule has 1 aliphatic heterocycles. The maximum atomic E-state index is 12.2. The van der Waals surface area contributed by atoms with Crippen LogP contribution in [-0.2, 0) is 7.05 Å². The van der Waals surface area contributed by atoms with E-state index >= 15 is 0 Å². The lowest BCUT2D eigenvalue weighted by atomic mass is 10.2. The number of pyridine rings is 1. The molecule has 1 amide bonds. The molecule has 22 heavy (non-hydrogen) atoms. The molecule has 0 bridgehead atoms. The second-order valence-electron chi connectivity index (χ2n) is 5.02. The van der Waals surface area contributed by atoms with Crippen LogP contribution in [0.2, 0.25) is 0 Å². The van der Waals surface area contributed by atoms with Gasteiger partial charge in [0.05, 0.1) is 4.58 Å². The van der Waals surface area contributed by atoms with Crippen molar-refractivity contribution >= 4 is 35.1 Å². The molecular formula is C16H16N2O2S2. The summed E-state index contributed by atoms with van der Waals surface area (Å²) in [5.41, 5.74) is 2.16. The molecule has 1 N–H and O–H groups in total. The van der Waals surface area contributed by atoms with Gasteiger partial charge in [0.25, 0.3) is 11.5 Å². The number of hydrogen-bond acceptors (Lipinski definition) is 4. The smallest absolute Gasteiger partial charge is 0.255 e. The molecule has 0 atom stereocenters. The Hall–Kier alpha value is -1.66. The van der Waals surface area contributed by atoms with E-state index in [1.807, 2.05) is 41.7 Å². The summed E-state index contributed by atoms with van der Waals surface area (Å²) in [6, 6.07) is 10.9. The molecule has 6 heteroatoms. The first-order valence-electron chi connectivity index (χ1n) is 6.95. The number of rotatable bonds is 3. The Morgan fingerprint density at radius 1 is 1.23 bits per heavy atom. The predicted octanol–water partition coefficient (Wildman–Crippen LogP) is 3.12. The number of aromatic nitrogens is 1. The highest BCUT2D eigenvalue weighted by Gasteiger charge is 2.18. The summed E-state index contributed by atoms with van der Waals surface area (Å²) in [5.74, 6) is 2.07. The number of benzene rings is 1. The first-order chi connectivity index (χ1) is 10.6. The van der Waals surface area contributed by atoms with Gasteiger partial charge in [0, 0.05) is 42.1 Å². The van der Waals surface area contributed by atoms with E-state index in [1.54, 1.807) is 19.3 Å². The summed E-state index contributed by atoms with van der Waals surface area (Å²) < 4.78 is 1.88. The summed E-state index contributed by atoms with van der Waals surface area (Å²) in [6.07, 6.45) is 1.60. The van der Waals surface area contributed by atoms with E-state index in [1.165, 1.54) is 27.7 Å². The second kappa shape index (κ2) is 6.62. The maximum Gasteiger partial charge on any atom is 0.255 e. The van der Waals surface area contributed by atoms with Crippen molar-refractivity contribution in [3.63, 3.8) is 0 Å². The SMILES string of the molecule is Cn1ccc(C(=O)Nc2cccc(C3SCCS3)c2)cc1=O. The van der Waals surface area contributed by atoms with Gasteiger partial charge in [0.2, 0.25) is 0 Å². The molecule has 0 saturated carbocycles. The molecule has 4 nitrogen and oxygen atoms in total. The number of anilines is 1. The molecule has 1 aliphatic rings. The molecule has 1 saturated heterocycles. The zero-order chi connectivity index (χ0) is 15.5. The third-order valence-electron chi connectivity index (χ3n) is 3.40. The van der Waals surface area contributed by atoms with Crippen LogP contribution in [0.1, 0.15) is 20.5 Å². The van der Waals surface area contributed by atoms with Crippen molar-refractivity contribution in [3.8, 4) is 0 Å². The summed E-state index contributed by atoms with van der Waals surface area (Å²) in [7, 11) is 1.66. The van der Waals surface area contributed by atoms with Crippen LogP contribution in [0.25, 0.3) is 0 Å². The van der Waals surface area contributed by atoms with Gasteiger partial charge in [-0.25, -0.2) is 0 Å². The maximum absolute atomic E-state index is 12.2. The van der Waals surface area contributed by atoms with Crippen molar-refractivity contribution in [2.45, 2.75) is 4.58 Å². The summed E-state index contributed by atoms with van der Waals surface area (Å²) >= 11 is 3.86. The number of hydrogen-bond donors (Lipinski definition) is 1. The Bertz CT molecular complexity index is 752. The standard InChI is InChI=1S/C16H16N2O2S2/c1-18-6-5-11(10-14(18)19)15(20)17-13-4-2-3-12(9-13)16-21-7-8-22-16/h2-6,9-10,16H,7-8H2,1H3,(H,17,20). The van der Waals surface area contributed by atoms with Gasteiger partial charge in [0.1, 0.15) is 0 Å². The lowest BCUT2D eigenvalue weighted by Gasteiger charge is -2.11. The Morgan fingerprint density at radius 2 is 2.00 bits per heavy atom. The van der Waals surface area contributed by atoms with Crippen molar-refractivity contribution in [3.05, 3.63) is 64.1 Å². The topological polar surface area (TPSA) is 51.1 Å².